The first kappa shape index (κ1) is 16.3. The van der Waals surface area contributed by atoms with Gasteiger partial charge in [-0.2, -0.15) is 0 Å². The number of carbonyl (C=O) groups is 1. The van der Waals surface area contributed by atoms with Crippen molar-refractivity contribution < 1.29 is 9.90 Å². The molecular weight excluding hydrogens is 312 g/mol. The molecule has 130 valence electrons. The second-order valence-corrected chi connectivity index (χ2v) is 7.48. The van der Waals surface area contributed by atoms with Crippen LogP contribution in [0.25, 0.3) is 0 Å². The number of benzene rings is 1. The molecule has 2 fully saturated rings. The van der Waals surface area contributed by atoms with Crippen LogP contribution in [0.3, 0.4) is 0 Å². The monoisotopic (exact) mass is 336 g/mol. The summed E-state index contributed by atoms with van der Waals surface area (Å²) in [4.78, 5) is 19.5. The third-order valence-electron chi connectivity index (χ3n) is 6.04. The van der Waals surface area contributed by atoms with Crippen LogP contribution in [0.4, 0.5) is 0 Å². The van der Waals surface area contributed by atoms with Crippen molar-refractivity contribution in [2.75, 3.05) is 6.61 Å². The van der Waals surface area contributed by atoms with E-state index in [0.717, 1.165) is 31.4 Å². The molecule has 0 aliphatic carbocycles. The predicted octanol–water partition coefficient (Wildman–Crippen LogP) is 2.99. The Morgan fingerprint density at radius 3 is 2.76 bits per heavy atom. The van der Waals surface area contributed by atoms with Crippen molar-refractivity contribution in [2.24, 2.45) is 5.41 Å². The second kappa shape index (κ2) is 6.26. The fourth-order valence-corrected chi connectivity index (χ4v) is 4.86. The minimum Gasteiger partial charge on any atom is -0.396 e. The van der Waals surface area contributed by atoms with Crippen LogP contribution in [0.2, 0.25) is 0 Å². The Morgan fingerprint density at radius 2 is 2.04 bits per heavy atom. The minimum absolute atomic E-state index is 0.0708. The van der Waals surface area contributed by atoms with Crippen LogP contribution in [0.15, 0.2) is 48.7 Å². The minimum atomic E-state index is -0.226. The highest BCUT2D eigenvalue weighted by Gasteiger charge is 2.57. The normalized spacial score (nSPS) is 27.7. The molecule has 4 heteroatoms. The first-order valence-electron chi connectivity index (χ1n) is 9.04. The van der Waals surface area contributed by atoms with E-state index < -0.39 is 0 Å². The predicted molar refractivity (Wildman–Crippen MR) is 96.2 cm³/mol. The first-order chi connectivity index (χ1) is 12.1. The number of aliphatic hydroxyl groups is 1. The van der Waals surface area contributed by atoms with Gasteiger partial charge in [-0.25, -0.2) is 0 Å². The summed E-state index contributed by atoms with van der Waals surface area (Å²) in [6.07, 6.45) is 5.43. The molecule has 1 N–H and O–H groups in total. The molecule has 1 amide bonds. The SMILES string of the molecule is Cc1ncccc1C(=O)N1[C@H]2CC[C@@H]1[C@@](CO)(Cc1ccccc1)C2. The lowest BCUT2D eigenvalue weighted by Crippen LogP contribution is -2.44. The van der Waals surface area contributed by atoms with Gasteiger partial charge in [0, 0.05) is 29.4 Å². The third-order valence-corrected chi connectivity index (χ3v) is 6.04. The Labute approximate surface area is 148 Å². The summed E-state index contributed by atoms with van der Waals surface area (Å²) in [6.45, 7) is 2.01. The molecule has 2 aliphatic rings. The van der Waals surface area contributed by atoms with Crippen LogP contribution in [0.5, 0.6) is 0 Å². The lowest BCUT2D eigenvalue weighted by Gasteiger charge is -2.36. The average Bonchev–Trinajstić information content (AvgIpc) is 3.18. The topological polar surface area (TPSA) is 53.4 Å². The number of fused-ring (bicyclic) bond motifs is 2. The number of amides is 1. The van der Waals surface area contributed by atoms with Gasteiger partial charge in [0.15, 0.2) is 0 Å². The number of hydrogen-bond donors (Lipinski definition) is 1. The summed E-state index contributed by atoms with van der Waals surface area (Å²) < 4.78 is 0. The molecule has 0 radical (unpaired) electrons. The average molecular weight is 336 g/mol. The Bertz CT molecular complexity index is 776. The summed E-state index contributed by atoms with van der Waals surface area (Å²) in [5.74, 6) is 0.0708. The van der Waals surface area contributed by atoms with Crippen molar-refractivity contribution in [1.29, 1.82) is 0 Å². The quantitative estimate of drug-likeness (QED) is 0.934. The Kier molecular flexibility index (Phi) is 4.08. The number of nitrogens with zero attached hydrogens (tertiary/aromatic N) is 2. The number of carbonyl (C=O) groups excluding carboxylic acids is 1. The van der Waals surface area contributed by atoms with E-state index in [2.05, 4.69) is 17.1 Å². The molecule has 0 unspecified atom stereocenters. The fourth-order valence-electron chi connectivity index (χ4n) is 4.86. The van der Waals surface area contributed by atoms with Crippen LogP contribution in [-0.2, 0) is 6.42 Å². The maximum atomic E-state index is 13.2. The van der Waals surface area contributed by atoms with Crippen LogP contribution >= 0.6 is 0 Å². The van der Waals surface area contributed by atoms with E-state index >= 15 is 0 Å². The molecule has 2 saturated heterocycles. The van der Waals surface area contributed by atoms with Gasteiger partial charge >= 0.3 is 0 Å². The van der Waals surface area contributed by atoms with E-state index in [-0.39, 0.29) is 30.0 Å². The molecule has 0 spiro atoms. The van der Waals surface area contributed by atoms with Gasteiger partial charge in [-0.05, 0) is 50.3 Å². The number of aliphatic hydroxyl groups excluding tert-OH is 1. The molecule has 2 bridgehead atoms. The summed E-state index contributed by atoms with van der Waals surface area (Å²) in [5.41, 5.74) is 2.47. The van der Waals surface area contributed by atoms with Gasteiger partial charge in [0.25, 0.3) is 5.91 Å². The zero-order valence-corrected chi connectivity index (χ0v) is 14.6. The van der Waals surface area contributed by atoms with Crippen LogP contribution in [0, 0.1) is 12.3 Å². The number of aryl methyl sites for hydroxylation is 1. The van der Waals surface area contributed by atoms with Crippen LogP contribution in [0.1, 0.15) is 40.9 Å². The van der Waals surface area contributed by atoms with Crippen molar-refractivity contribution in [3.05, 3.63) is 65.5 Å². The largest absolute Gasteiger partial charge is 0.396 e. The number of pyridine rings is 1. The van der Waals surface area contributed by atoms with Crippen molar-refractivity contribution in [2.45, 2.75) is 44.7 Å². The summed E-state index contributed by atoms with van der Waals surface area (Å²) in [7, 11) is 0. The Hall–Kier alpha value is -2.20. The van der Waals surface area contributed by atoms with Gasteiger partial charge in [-0.3, -0.25) is 9.78 Å². The highest BCUT2D eigenvalue weighted by atomic mass is 16.3. The molecule has 4 rings (SSSR count). The summed E-state index contributed by atoms with van der Waals surface area (Å²) >= 11 is 0. The van der Waals surface area contributed by atoms with Crippen molar-refractivity contribution >= 4 is 5.91 Å². The molecule has 3 atom stereocenters. The van der Waals surface area contributed by atoms with Crippen molar-refractivity contribution in [3.8, 4) is 0 Å². The lowest BCUT2D eigenvalue weighted by atomic mass is 9.70. The standard InChI is InChI=1S/C21H24N2O2/c1-15-18(8-5-11-22-15)20(25)23-17-9-10-19(23)21(13-17,14-24)12-16-6-3-2-4-7-16/h2-8,11,17,19,24H,9-10,12-14H2,1H3/t17-,19+,21-/m0/s1. The molecule has 1 aromatic heterocycles. The van der Waals surface area contributed by atoms with Crippen LogP contribution < -0.4 is 0 Å². The highest BCUT2D eigenvalue weighted by molar-refractivity contribution is 5.96. The van der Waals surface area contributed by atoms with Gasteiger partial charge in [-0.1, -0.05) is 30.3 Å². The molecule has 2 aliphatic heterocycles. The molecule has 3 heterocycles. The fraction of sp³-hybridized carbons (Fsp3) is 0.429. The molecular formula is C21H24N2O2. The molecule has 25 heavy (non-hydrogen) atoms. The third kappa shape index (κ3) is 2.65. The van der Waals surface area contributed by atoms with Gasteiger partial charge in [0.05, 0.1) is 12.2 Å². The van der Waals surface area contributed by atoms with E-state index in [1.165, 1.54) is 5.56 Å². The van der Waals surface area contributed by atoms with Gasteiger partial charge in [-0.15, -0.1) is 0 Å². The molecule has 4 nitrogen and oxygen atoms in total. The van der Waals surface area contributed by atoms with Gasteiger partial charge in [0.1, 0.15) is 0 Å². The zero-order valence-electron chi connectivity index (χ0n) is 14.6. The van der Waals surface area contributed by atoms with Gasteiger partial charge in [0.2, 0.25) is 0 Å². The smallest absolute Gasteiger partial charge is 0.256 e. The van der Waals surface area contributed by atoms with Crippen molar-refractivity contribution in [1.82, 2.24) is 9.88 Å². The van der Waals surface area contributed by atoms with Crippen molar-refractivity contribution in [3.63, 3.8) is 0 Å². The maximum Gasteiger partial charge on any atom is 0.256 e. The van der Waals surface area contributed by atoms with E-state index in [9.17, 15) is 9.90 Å². The Balaban J connectivity index is 1.64. The highest BCUT2D eigenvalue weighted by Crippen LogP contribution is 2.51. The number of hydrogen-bond acceptors (Lipinski definition) is 3. The Morgan fingerprint density at radius 1 is 1.24 bits per heavy atom. The molecule has 0 saturated carbocycles. The van der Waals surface area contributed by atoms with Gasteiger partial charge < -0.3 is 10.0 Å². The molecule has 2 aromatic rings. The first-order valence-corrected chi connectivity index (χ1v) is 9.04. The van der Waals surface area contributed by atoms with Crippen LogP contribution in [-0.4, -0.2) is 39.6 Å². The molecule has 1 aromatic carbocycles. The summed E-state index contributed by atoms with van der Waals surface area (Å²) in [6, 6.07) is 14.3. The zero-order chi connectivity index (χ0) is 17.4. The summed E-state index contributed by atoms with van der Waals surface area (Å²) in [5, 5.41) is 10.3. The van der Waals surface area contributed by atoms with E-state index in [0.29, 0.717) is 5.56 Å². The van der Waals surface area contributed by atoms with E-state index in [1.807, 2.05) is 42.2 Å². The number of rotatable bonds is 4. The second-order valence-electron chi connectivity index (χ2n) is 7.48. The van der Waals surface area contributed by atoms with E-state index in [4.69, 9.17) is 0 Å². The number of aromatic nitrogens is 1. The lowest BCUT2D eigenvalue weighted by molar-refractivity contribution is 0.0570. The van der Waals surface area contributed by atoms with E-state index in [1.54, 1.807) is 6.20 Å². The maximum absolute atomic E-state index is 13.2.